The van der Waals surface area contributed by atoms with Crippen LogP contribution in [0.15, 0.2) is 22.2 Å². The molecule has 0 unspecified atom stereocenters. The molecule has 112 valence electrons. The van der Waals surface area contributed by atoms with Crippen molar-refractivity contribution in [2.45, 2.75) is 45.1 Å². The van der Waals surface area contributed by atoms with Crippen LogP contribution >= 0.6 is 22.7 Å². The highest BCUT2D eigenvalue weighted by atomic mass is 32.1. The summed E-state index contributed by atoms with van der Waals surface area (Å²) in [5.74, 6) is 0.0992. The molecule has 1 aliphatic carbocycles. The smallest absolute Gasteiger partial charge is 0.273 e. The lowest BCUT2D eigenvalue weighted by atomic mass is 9.94. The first kappa shape index (κ1) is 14.7. The third-order valence-electron chi connectivity index (χ3n) is 4.11. The van der Waals surface area contributed by atoms with Crippen LogP contribution in [0.4, 0.5) is 0 Å². The SMILES string of the molecule is CCN(C(=O)c1csc(-c2ccsc2)n1)C1CCCCC1. The highest BCUT2D eigenvalue weighted by molar-refractivity contribution is 7.14. The van der Waals surface area contributed by atoms with Gasteiger partial charge in [-0.3, -0.25) is 4.79 Å². The van der Waals surface area contributed by atoms with E-state index in [-0.39, 0.29) is 5.91 Å². The normalized spacial score (nSPS) is 16.0. The maximum atomic E-state index is 12.7. The van der Waals surface area contributed by atoms with Gasteiger partial charge in [-0.15, -0.1) is 11.3 Å². The van der Waals surface area contributed by atoms with Crippen molar-refractivity contribution in [3.05, 3.63) is 27.9 Å². The number of hydrogen-bond donors (Lipinski definition) is 0. The summed E-state index contributed by atoms with van der Waals surface area (Å²) in [6.45, 7) is 2.84. The summed E-state index contributed by atoms with van der Waals surface area (Å²) in [6, 6.07) is 2.46. The number of nitrogens with zero attached hydrogens (tertiary/aromatic N) is 2. The van der Waals surface area contributed by atoms with Gasteiger partial charge in [-0.05, 0) is 31.2 Å². The Morgan fingerprint density at radius 1 is 1.33 bits per heavy atom. The number of thiophene rings is 1. The topological polar surface area (TPSA) is 33.2 Å². The van der Waals surface area contributed by atoms with Crippen LogP contribution < -0.4 is 0 Å². The molecular weight excluding hydrogens is 300 g/mol. The van der Waals surface area contributed by atoms with Crippen molar-refractivity contribution >= 4 is 28.6 Å². The van der Waals surface area contributed by atoms with Gasteiger partial charge >= 0.3 is 0 Å². The Morgan fingerprint density at radius 2 is 2.14 bits per heavy atom. The molecule has 2 heterocycles. The molecule has 1 saturated carbocycles. The van der Waals surface area contributed by atoms with Gasteiger partial charge in [-0.1, -0.05) is 19.3 Å². The highest BCUT2D eigenvalue weighted by Crippen LogP contribution is 2.28. The molecule has 0 aliphatic heterocycles. The molecule has 21 heavy (non-hydrogen) atoms. The van der Waals surface area contributed by atoms with Crippen LogP contribution in [-0.4, -0.2) is 28.4 Å². The zero-order valence-electron chi connectivity index (χ0n) is 12.2. The first-order chi connectivity index (χ1) is 10.3. The summed E-state index contributed by atoms with van der Waals surface area (Å²) in [4.78, 5) is 19.3. The van der Waals surface area contributed by atoms with E-state index in [9.17, 15) is 4.79 Å². The van der Waals surface area contributed by atoms with E-state index in [1.807, 2.05) is 15.7 Å². The standard InChI is InChI=1S/C16H20N2OS2/c1-2-18(13-6-4-3-5-7-13)16(19)14-11-21-15(17-14)12-8-9-20-10-12/h8-11,13H,2-7H2,1H3. The number of hydrogen-bond acceptors (Lipinski definition) is 4. The predicted molar refractivity (Wildman–Crippen MR) is 89.0 cm³/mol. The van der Waals surface area contributed by atoms with Gasteiger partial charge in [0, 0.05) is 28.9 Å². The van der Waals surface area contributed by atoms with Crippen molar-refractivity contribution in [2.75, 3.05) is 6.54 Å². The number of thiazole rings is 1. The lowest BCUT2D eigenvalue weighted by molar-refractivity contribution is 0.0643. The maximum Gasteiger partial charge on any atom is 0.273 e. The molecule has 0 aromatic carbocycles. The molecule has 0 spiro atoms. The van der Waals surface area contributed by atoms with Crippen LogP contribution in [0.25, 0.3) is 10.6 Å². The minimum absolute atomic E-state index is 0.0992. The van der Waals surface area contributed by atoms with E-state index in [1.54, 1.807) is 22.7 Å². The molecule has 2 aromatic heterocycles. The van der Waals surface area contributed by atoms with Gasteiger partial charge in [-0.25, -0.2) is 4.98 Å². The molecule has 0 saturated heterocycles. The van der Waals surface area contributed by atoms with Gasteiger partial charge in [0.25, 0.3) is 5.91 Å². The second-order valence-corrected chi connectivity index (χ2v) is 7.07. The zero-order chi connectivity index (χ0) is 14.7. The van der Waals surface area contributed by atoms with Gasteiger partial charge < -0.3 is 4.90 Å². The molecule has 0 N–H and O–H groups in total. The molecule has 2 aromatic rings. The number of amides is 1. The van der Waals surface area contributed by atoms with Crippen LogP contribution in [0.2, 0.25) is 0 Å². The van der Waals surface area contributed by atoms with Crippen LogP contribution in [0.3, 0.4) is 0 Å². The molecule has 1 aliphatic rings. The summed E-state index contributed by atoms with van der Waals surface area (Å²) in [7, 11) is 0. The molecule has 0 radical (unpaired) electrons. The first-order valence-corrected chi connectivity index (χ1v) is 9.41. The number of carbonyl (C=O) groups is 1. The number of carbonyl (C=O) groups excluding carboxylic acids is 1. The third-order valence-corrected chi connectivity index (χ3v) is 5.68. The molecule has 1 amide bonds. The van der Waals surface area contributed by atoms with E-state index in [1.165, 1.54) is 19.3 Å². The van der Waals surface area contributed by atoms with Crippen LogP contribution in [0.5, 0.6) is 0 Å². The Kier molecular flexibility index (Phi) is 4.70. The minimum Gasteiger partial charge on any atom is -0.335 e. The molecule has 0 atom stereocenters. The molecular formula is C16H20N2OS2. The fraction of sp³-hybridized carbons (Fsp3) is 0.500. The monoisotopic (exact) mass is 320 g/mol. The van der Waals surface area contributed by atoms with Gasteiger partial charge in [-0.2, -0.15) is 11.3 Å². The quantitative estimate of drug-likeness (QED) is 0.820. The lowest BCUT2D eigenvalue weighted by Crippen LogP contribution is -2.41. The largest absolute Gasteiger partial charge is 0.335 e. The second-order valence-electron chi connectivity index (χ2n) is 5.43. The second kappa shape index (κ2) is 6.71. The number of aromatic nitrogens is 1. The fourth-order valence-electron chi connectivity index (χ4n) is 3.00. The first-order valence-electron chi connectivity index (χ1n) is 7.58. The van der Waals surface area contributed by atoms with Crippen molar-refractivity contribution in [3.8, 4) is 10.6 Å². The van der Waals surface area contributed by atoms with Crippen molar-refractivity contribution in [1.29, 1.82) is 0 Å². The van der Waals surface area contributed by atoms with E-state index in [0.29, 0.717) is 11.7 Å². The van der Waals surface area contributed by atoms with E-state index in [0.717, 1.165) is 30.0 Å². The molecule has 1 fully saturated rings. The average molecular weight is 320 g/mol. The van der Waals surface area contributed by atoms with Crippen molar-refractivity contribution in [2.24, 2.45) is 0 Å². The van der Waals surface area contributed by atoms with Gasteiger partial charge in [0.05, 0.1) is 0 Å². The summed E-state index contributed by atoms with van der Waals surface area (Å²) < 4.78 is 0. The average Bonchev–Trinajstić information content (AvgIpc) is 3.20. The summed E-state index contributed by atoms with van der Waals surface area (Å²) in [5, 5.41) is 6.96. The highest BCUT2D eigenvalue weighted by Gasteiger charge is 2.26. The maximum absolute atomic E-state index is 12.7. The van der Waals surface area contributed by atoms with E-state index in [4.69, 9.17) is 0 Å². The van der Waals surface area contributed by atoms with Crippen molar-refractivity contribution < 1.29 is 4.79 Å². The fourth-order valence-corrected chi connectivity index (χ4v) is 4.50. The third kappa shape index (κ3) is 3.19. The summed E-state index contributed by atoms with van der Waals surface area (Å²) in [5.41, 5.74) is 1.72. The lowest BCUT2D eigenvalue weighted by Gasteiger charge is -2.33. The van der Waals surface area contributed by atoms with Gasteiger partial charge in [0.2, 0.25) is 0 Å². The van der Waals surface area contributed by atoms with Crippen LogP contribution in [-0.2, 0) is 0 Å². The van der Waals surface area contributed by atoms with E-state index >= 15 is 0 Å². The zero-order valence-corrected chi connectivity index (χ0v) is 13.9. The molecule has 3 nitrogen and oxygen atoms in total. The Hall–Kier alpha value is -1.20. The van der Waals surface area contributed by atoms with Gasteiger partial charge in [0.15, 0.2) is 0 Å². The van der Waals surface area contributed by atoms with Crippen LogP contribution in [0, 0.1) is 0 Å². The summed E-state index contributed by atoms with van der Waals surface area (Å²) >= 11 is 3.22. The Morgan fingerprint density at radius 3 is 2.81 bits per heavy atom. The Labute approximate surface area is 133 Å². The molecule has 0 bridgehead atoms. The summed E-state index contributed by atoms with van der Waals surface area (Å²) in [6.07, 6.45) is 6.07. The number of rotatable bonds is 4. The Bertz CT molecular complexity index is 585. The minimum atomic E-state index is 0.0992. The van der Waals surface area contributed by atoms with Crippen LogP contribution in [0.1, 0.15) is 49.5 Å². The Balaban J connectivity index is 1.77. The molecule has 5 heteroatoms. The predicted octanol–water partition coefficient (Wildman–Crippen LogP) is 4.67. The van der Waals surface area contributed by atoms with Gasteiger partial charge in [0.1, 0.15) is 10.7 Å². The molecule has 3 rings (SSSR count). The van der Waals surface area contributed by atoms with Crippen molar-refractivity contribution in [3.63, 3.8) is 0 Å². The van der Waals surface area contributed by atoms with E-state index in [2.05, 4.69) is 23.4 Å². The van der Waals surface area contributed by atoms with E-state index < -0.39 is 0 Å². The van der Waals surface area contributed by atoms with Crippen molar-refractivity contribution in [1.82, 2.24) is 9.88 Å².